The minimum absolute atomic E-state index is 0.00463. The van der Waals surface area contributed by atoms with Crippen molar-refractivity contribution in [2.75, 3.05) is 13.1 Å². The van der Waals surface area contributed by atoms with Crippen LogP contribution in [0.3, 0.4) is 0 Å². The van der Waals surface area contributed by atoms with Gasteiger partial charge >= 0.3 is 0 Å². The summed E-state index contributed by atoms with van der Waals surface area (Å²) in [6, 6.07) is 1.70. The Morgan fingerprint density at radius 1 is 1.62 bits per heavy atom. The number of nitrogens with zero attached hydrogens (tertiary/aromatic N) is 1. The van der Waals surface area contributed by atoms with Crippen LogP contribution in [-0.2, 0) is 0 Å². The lowest BCUT2D eigenvalue weighted by atomic mass is 9.96. The Kier molecular flexibility index (Phi) is 3.01. The number of piperidine rings is 1. The monoisotopic (exact) mass is 223 g/mol. The lowest BCUT2D eigenvalue weighted by molar-refractivity contribution is 0.0296. The van der Waals surface area contributed by atoms with Crippen LogP contribution in [0, 0.1) is 12.8 Å². The third kappa shape index (κ3) is 1.97. The Morgan fingerprint density at radius 3 is 2.94 bits per heavy atom. The van der Waals surface area contributed by atoms with Gasteiger partial charge < -0.3 is 14.4 Å². The molecule has 1 amide bonds. The smallest absolute Gasteiger partial charge is 0.257 e. The Bertz CT molecular complexity index is 385. The van der Waals surface area contributed by atoms with E-state index in [1.165, 1.54) is 6.26 Å². The summed E-state index contributed by atoms with van der Waals surface area (Å²) in [7, 11) is 0. The van der Waals surface area contributed by atoms with Gasteiger partial charge in [-0.15, -0.1) is 0 Å². The number of hydrogen-bond acceptors (Lipinski definition) is 3. The van der Waals surface area contributed by atoms with E-state index in [1.54, 1.807) is 17.9 Å². The molecule has 1 saturated heterocycles. The van der Waals surface area contributed by atoms with Gasteiger partial charge in [-0.3, -0.25) is 4.79 Å². The van der Waals surface area contributed by atoms with Crippen molar-refractivity contribution in [2.45, 2.75) is 26.4 Å². The molecular weight excluding hydrogens is 206 g/mol. The highest BCUT2D eigenvalue weighted by Gasteiger charge is 2.28. The molecule has 2 unspecified atom stereocenters. The van der Waals surface area contributed by atoms with E-state index in [0.29, 0.717) is 30.8 Å². The maximum atomic E-state index is 12.1. The molecule has 2 atom stereocenters. The number of amides is 1. The minimum atomic E-state index is -0.283. The maximum Gasteiger partial charge on any atom is 0.257 e. The van der Waals surface area contributed by atoms with E-state index >= 15 is 0 Å². The van der Waals surface area contributed by atoms with Gasteiger partial charge in [-0.05, 0) is 25.3 Å². The van der Waals surface area contributed by atoms with Crippen LogP contribution in [0.5, 0.6) is 0 Å². The first-order valence-corrected chi connectivity index (χ1v) is 5.61. The van der Waals surface area contributed by atoms with Crippen LogP contribution in [0.2, 0.25) is 0 Å². The number of aliphatic hydroxyl groups excluding tert-OH is 1. The van der Waals surface area contributed by atoms with Crippen molar-refractivity contribution >= 4 is 5.91 Å². The number of rotatable bonds is 1. The second-order valence-corrected chi connectivity index (χ2v) is 4.47. The molecule has 1 N–H and O–H groups in total. The fourth-order valence-corrected chi connectivity index (χ4v) is 2.09. The van der Waals surface area contributed by atoms with Crippen molar-refractivity contribution < 1.29 is 14.3 Å². The van der Waals surface area contributed by atoms with Gasteiger partial charge in [0.2, 0.25) is 0 Å². The molecule has 4 heteroatoms. The van der Waals surface area contributed by atoms with Crippen molar-refractivity contribution in [2.24, 2.45) is 5.92 Å². The fourth-order valence-electron chi connectivity index (χ4n) is 2.09. The second kappa shape index (κ2) is 4.29. The lowest BCUT2D eigenvalue weighted by Crippen LogP contribution is -2.45. The molecule has 0 bridgehead atoms. The van der Waals surface area contributed by atoms with E-state index in [-0.39, 0.29) is 17.9 Å². The Morgan fingerprint density at radius 2 is 2.38 bits per heavy atom. The summed E-state index contributed by atoms with van der Waals surface area (Å²) in [6.07, 6.45) is 1.91. The quantitative estimate of drug-likeness (QED) is 0.783. The van der Waals surface area contributed by atoms with Crippen LogP contribution in [0.25, 0.3) is 0 Å². The maximum absolute atomic E-state index is 12.1. The Labute approximate surface area is 94.9 Å². The summed E-state index contributed by atoms with van der Waals surface area (Å²) in [4.78, 5) is 13.9. The lowest BCUT2D eigenvalue weighted by Gasteiger charge is -2.34. The molecule has 1 aliphatic rings. The molecule has 0 spiro atoms. The molecule has 2 heterocycles. The first-order valence-electron chi connectivity index (χ1n) is 5.61. The van der Waals surface area contributed by atoms with E-state index < -0.39 is 0 Å². The second-order valence-electron chi connectivity index (χ2n) is 4.47. The molecule has 0 saturated carbocycles. The molecule has 4 nitrogen and oxygen atoms in total. The van der Waals surface area contributed by atoms with Gasteiger partial charge in [-0.1, -0.05) is 6.92 Å². The number of aryl methyl sites for hydroxylation is 1. The summed E-state index contributed by atoms with van der Waals surface area (Å²) >= 11 is 0. The topological polar surface area (TPSA) is 53.7 Å². The zero-order valence-corrected chi connectivity index (χ0v) is 9.64. The average Bonchev–Trinajstić information content (AvgIpc) is 2.67. The number of aliphatic hydroxyl groups is 1. The molecule has 16 heavy (non-hydrogen) atoms. The Hall–Kier alpha value is -1.29. The summed E-state index contributed by atoms with van der Waals surface area (Å²) in [5, 5.41) is 9.61. The van der Waals surface area contributed by atoms with Crippen LogP contribution in [-0.4, -0.2) is 35.1 Å². The Balaban J connectivity index is 2.09. The van der Waals surface area contributed by atoms with Gasteiger partial charge in [-0.25, -0.2) is 0 Å². The van der Waals surface area contributed by atoms with Crippen molar-refractivity contribution in [3.8, 4) is 0 Å². The molecule has 2 rings (SSSR count). The first-order chi connectivity index (χ1) is 7.59. The normalized spacial score (nSPS) is 25.8. The fraction of sp³-hybridized carbons (Fsp3) is 0.583. The standard InChI is InChI=1S/C12H17NO3/c1-8-7-13(5-3-11(8)14)12(15)10-4-6-16-9(10)2/h4,6,8,11,14H,3,5,7H2,1-2H3. The zero-order chi connectivity index (χ0) is 11.7. The summed E-state index contributed by atoms with van der Waals surface area (Å²) in [5.41, 5.74) is 0.628. The van der Waals surface area contributed by atoms with Crippen molar-refractivity contribution in [3.05, 3.63) is 23.7 Å². The van der Waals surface area contributed by atoms with Crippen molar-refractivity contribution in [3.63, 3.8) is 0 Å². The highest BCUT2D eigenvalue weighted by atomic mass is 16.3. The molecule has 0 aromatic carbocycles. The summed E-state index contributed by atoms with van der Waals surface area (Å²) in [5.74, 6) is 0.804. The largest absolute Gasteiger partial charge is 0.469 e. The van der Waals surface area contributed by atoms with Gasteiger partial charge in [0.15, 0.2) is 0 Å². The van der Waals surface area contributed by atoms with Gasteiger partial charge in [0.1, 0.15) is 5.76 Å². The molecule has 1 aliphatic heterocycles. The van der Waals surface area contributed by atoms with Gasteiger partial charge in [-0.2, -0.15) is 0 Å². The first kappa shape index (κ1) is 11.2. The van der Waals surface area contributed by atoms with Crippen LogP contribution < -0.4 is 0 Å². The number of hydrogen-bond donors (Lipinski definition) is 1. The molecule has 0 radical (unpaired) electrons. The number of carbonyl (C=O) groups excluding carboxylic acids is 1. The van der Waals surface area contributed by atoms with E-state index in [2.05, 4.69) is 0 Å². The number of likely N-dealkylation sites (tertiary alicyclic amines) is 1. The van der Waals surface area contributed by atoms with Crippen molar-refractivity contribution in [1.29, 1.82) is 0 Å². The number of carbonyl (C=O) groups is 1. The highest BCUT2D eigenvalue weighted by molar-refractivity contribution is 5.95. The average molecular weight is 223 g/mol. The van der Waals surface area contributed by atoms with E-state index in [0.717, 1.165) is 0 Å². The number of furan rings is 1. The van der Waals surface area contributed by atoms with E-state index in [1.807, 2.05) is 6.92 Å². The molecule has 0 aliphatic carbocycles. The zero-order valence-electron chi connectivity index (χ0n) is 9.64. The van der Waals surface area contributed by atoms with Crippen molar-refractivity contribution in [1.82, 2.24) is 4.90 Å². The van der Waals surface area contributed by atoms with E-state index in [4.69, 9.17) is 4.42 Å². The minimum Gasteiger partial charge on any atom is -0.469 e. The molecular formula is C12H17NO3. The predicted octanol–water partition coefficient (Wildman–Crippen LogP) is 1.43. The summed E-state index contributed by atoms with van der Waals surface area (Å²) < 4.78 is 5.13. The molecule has 88 valence electrons. The SMILES string of the molecule is Cc1occc1C(=O)N1CCC(O)C(C)C1. The van der Waals surface area contributed by atoms with Gasteiger partial charge in [0.05, 0.1) is 17.9 Å². The van der Waals surface area contributed by atoms with Gasteiger partial charge in [0, 0.05) is 13.1 Å². The third-order valence-corrected chi connectivity index (χ3v) is 3.24. The molecule has 1 fully saturated rings. The van der Waals surface area contributed by atoms with Crippen LogP contribution in [0.15, 0.2) is 16.7 Å². The molecule has 1 aromatic rings. The summed E-state index contributed by atoms with van der Waals surface area (Å²) in [6.45, 7) is 4.99. The van der Waals surface area contributed by atoms with Gasteiger partial charge in [0.25, 0.3) is 5.91 Å². The molecule has 1 aromatic heterocycles. The third-order valence-electron chi connectivity index (χ3n) is 3.24. The highest BCUT2D eigenvalue weighted by Crippen LogP contribution is 2.20. The van der Waals surface area contributed by atoms with E-state index in [9.17, 15) is 9.90 Å². The van der Waals surface area contributed by atoms with Crippen LogP contribution in [0.4, 0.5) is 0 Å². The van der Waals surface area contributed by atoms with Crippen LogP contribution >= 0.6 is 0 Å². The predicted molar refractivity (Wildman–Crippen MR) is 59.1 cm³/mol. The van der Waals surface area contributed by atoms with Crippen LogP contribution in [0.1, 0.15) is 29.5 Å².